The fraction of sp³-hybridized carbons (Fsp3) is 0.875. The van der Waals surface area contributed by atoms with Crippen molar-refractivity contribution in [2.24, 2.45) is 0 Å². The molecule has 0 aromatic carbocycles. The topological polar surface area (TPSA) is 573 Å². The van der Waals surface area contributed by atoms with Crippen molar-refractivity contribution in [2.75, 3.05) is 125 Å². The monoisotopic (exact) mass is 1620 g/mol. The number of hydrogen-bond acceptors (Lipinski definition) is 31. The average Bonchev–Trinajstić information content (AvgIpc) is 0.830. The molecule has 3 fully saturated rings. The van der Waals surface area contributed by atoms with Crippen LogP contribution in [0.1, 0.15) is 175 Å². The second-order valence-corrected chi connectivity index (χ2v) is 32.0. The van der Waals surface area contributed by atoms with Gasteiger partial charge in [0, 0.05) is 122 Å². The van der Waals surface area contributed by atoms with Gasteiger partial charge >= 0.3 is 0 Å². The standard InChI is InChI=1S/C72H131N7O31P/c1-71(2,3)111(4,100)107-38-13-6-5-11-29-73-54(86)24-17-25-58(90)79-72(45-101-39-26-55(87)74-30-12-7-20-48(83)21-8-14-35-104-68-65(97)62(94)59(91)49(42-80)108-68,46-102-40-27-56(88)77-33-18-31-75-52(84)22-9-15-36-105-69-66(98)63(95)60(92)50(43-81)109-69)47-103-41-28-57(89)78-34-19-32-76-53(85)23-10-16-37-106-70-67(99)64(96)61(93)51(44-82)110-70/h49-51,59-70,80-82,91-99H,4-47H2,1-3H3,(H,73,86)(H,74,87)(H,75,84)(H,76,85)(H,77,88)(H,78,89)(H,79,90)/q-1/t49?,50?,51?,59-,60-,61-,62+,63+,64+,65?,66?,67?,68-,69-,70-,72?,111?/m1/s1. The van der Waals surface area contributed by atoms with E-state index >= 15 is 0 Å². The molecule has 3 rings (SSSR count). The van der Waals surface area contributed by atoms with Crippen LogP contribution in [0.4, 0.5) is 0 Å². The highest BCUT2D eigenvalue weighted by atomic mass is 31.2. The van der Waals surface area contributed by atoms with Crippen LogP contribution in [0.25, 0.3) is 0 Å². The van der Waals surface area contributed by atoms with Gasteiger partial charge in [-0.25, -0.2) is 0 Å². The van der Waals surface area contributed by atoms with Crippen LogP contribution in [-0.2, 0) is 90.1 Å². The van der Waals surface area contributed by atoms with Crippen LogP contribution in [-0.4, -0.2) is 336 Å². The number of carbonyl (C=O) groups excluding carboxylic acids is 8. The summed E-state index contributed by atoms with van der Waals surface area (Å²) in [5.41, 5.74) is -1.50. The number of aliphatic hydroxyl groups is 12. The molecule has 3 heterocycles. The number of ether oxygens (including phenoxy) is 9. The molecular formula is C72H131N7O31P-. The van der Waals surface area contributed by atoms with Crippen LogP contribution in [0.3, 0.4) is 0 Å². The van der Waals surface area contributed by atoms with Crippen molar-refractivity contribution in [3.8, 4) is 0 Å². The number of aliphatic hydroxyl groups excluding tert-OH is 12. The van der Waals surface area contributed by atoms with E-state index in [4.69, 9.17) is 47.2 Å². The normalized spacial score (nSPS) is 25.2. The Balaban J connectivity index is 1.56. The van der Waals surface area contributed by atoms with Gasteiger partial charge in [-0.3, -0.25) is 45.0 Å². The van der Waals surface area contributed by atoms with Gasteiger partial charge in [0.15, 0.2) is 18.9 Å². The van der Waals surface area contributed by atoms with E-state index in [1.165, 1.54) is 0 Å². The van der Waals surface area contributed by atoms with Crippen LogP contribution in [0.5, 0.6) is 0 Å². The van der Waals surface area contributed by atoms with Crippen LogP contribution in [0.15, 0.2) is 0 Å². The summed E-state index contributed by atoms with van der Waals surface area (Å²) in [6.45, 7) is 8.06. The number of ketones is 1. The Morgan fingerprint density at radius 1 is 0.342 bits per heavy atom. The number of nitrogens with one attached hydrogen (secondary N) is 7. The van der Waals surface area contributed by atoms with Crippen LogP contribution < -0.4 is 37.2 Å². The summed E-state index contributed by atoms with van der Waals surface area (Å²) in [4.78, 5) is 104. The molecule has 39 heteroatoms. The first-order valence-corrected chi connectivity index (χ1v) is 40.7. The number of amides is 7. The van der Waals surface area contributed by atoms with Gasteiger partial charge < -0.3 is 150 Å². The fourth-order valence-electron chi connectivity index (χ4n) is 11.3. The molecule has 19 N–H and O–H groups in total. The molecule has 38 nitrogen and oxygen atoms in total. The molecule has 0 radical (unpaired) electrons. The summed E-state index contributed by atoms with van der Waals surface area (Å²) in [6, 6.07) is 0. The zero-order chi connectivity index (χ0) is 82.2. The zero-order valence-electron chi connectivity index (χ0n) is 64.8. The number of Topliss-reactive ketones (excluding diaryl/α,β-unsaturated/α-hetero) is 1. The van der Waals surface area contributed by atoms with Gasteiger partial charge in [-0.2, -0.15) is 0 Å². The van der Waals surface area contributed by atoms with E-state index in [2.05, 4.69) is 43.9 Å². The molecule has 0 bridgehead atoms. The van der Waals surface area contributed by atoms with E-state index < -0.39 is 148 Å². The fourth-order valence-corrected chi connectivity index (χ4v) is 12.2. The highest BCUT2D eigenvalue weighted by Crippen LogP contribution is 2.57. The molecule has 0 aromatic rings. The Kier molecular flexibility index (Phi) is 51.2. The van der Waals surface area contributed by atoms with Gasteiger partial charge in [0.05, 0.1) is 73.4 Å². The molecule has 0 aliphatic carbocycles. The van der Waals surface area contributed by atoms with Crippen LogP contribution in [0, 0.1) is 6.66 Å². The minimum absolute atomic E-state index is 0.0109. The number of hydrogen-bond donors (Lipinski definition) is 19. The Morgan fingerprint density at radius 3 is 0.982 bits per heavy atom. The highest BCUT2D eigenvalue weighted by Gasteiger charge is 2.47. The molecule has 0 aromatic heterocycles. The minimum atomic E-state index is -3.03. The third-order valence-corrected chi connectivity index (χ3v) is 21.2. The minimum Gasteiger partial charge on any atom is -0.394 e. The lowest BCUT2D eigenvalue weighted by Gasteiger charge is -2.39. The summed E-state index contributed by atoms with van der Waals surface area (Å²) in [5, 5.41) is 138. The van der Waals surface area contributed by atoms with Crippen molar-refractivity contribution in [1.82, 2.24) is 37.2 Å². The summed E-state index contributed by atoms with van der Waals surface area (Å²) in [5.74, 6) is -2.49. The summed E-state index contributed by atoms with van der Waals surface area (Å²) >= 11 is 0. The highest BCUT2D eigenvalue weighted by molar-refractivity contribution is 7.61. The molecule has 7 unspecified atom stereocenters. The first-order chi connectivity index (χ1) is 52.9. The van der Waals surface area contributed by atoms with Crippen LogP contribution in [0.2, 0.25) is 0 Å². The van der Waals surface area contributed by atoms with Gasteiger partial charge in [0.2, 0.25) is 41.4 Å². The van der Waals surface area contributed by atoms with Gasteiger partial charge in [-0.1, -0.05) is 33.6 Å². The third kappa shape index (κ3) is 41.1. The molecule has 111 heavy (non-hydrogen) atoms. The smallest absolute Gasteiger partial charge is 0.222 e. The number of carbonyl (C=O) groups is 8. The summed E-state index contributed by atoms with van der Waals surface area (Å²) in [6.07, 6.45) is -13.6. The van der Waals surface area contributed by atoms with Crippen molar-refractivity contribution >= 4 is 54.5 Å². The lowest BCUT2D eigenvalue weighted by molar-refractivity contribution is -0.301. The summed E-state index contributed by atoms with van der Waals surface area (Å²) in [7, 11) is -3.03. The first-order valence-electron chi connectivity index (χ1n) is 38.9. The molecule has 3 saturated heterocycles. The molecule has 646 valence electrons. The predicted octanol–water partition coefficient (Wildman–Crippen LogP) is -3.15. The SMILES string of the molecule is [CH2-]P(=O)(OCCCCCCNC(=O)CCCC(=O)NC(COCCC(=O)NCCCCC(=O)CCCCO[C@@H]1OC(CO)[C@@H](O)[C@H](O)C1O)(COCCC(=O)NCCCNC(=O)CCCCO[C@@H]1OC(CO)[C@@H](O)[C@H](O)C1O)COCCC(=O)NCCCNC(=O)CCCCO[C@@H]1OC(CO)[C@@H](O)[C@H](O)C1O)C(C)(C)C. The lowest BCUT2D eigenvalue weighted by Crippen LogP contribution is -2.59. The van der Waals surface area contributed by atoms with E-state index in [0.29, 0.717) is 90.2 Å². The van der Waals surface area contributed by atoms with E-state index in [0.717, 1.165) is 12.8 Å². The quantitative estimate of drug-likeness (QED) is 0.0162. The second-order valence-electron chi connectivity index (χ2n) is 29.1. The van der Waals surface area contributed by atoms with Crippen LogP contribution >= 0.6 is 7.37 Å². The number of rotatable bonds is 62. The Labute approximate surface area is 650 Å². The van der Waals surface area contributed by atoms with E-state index in [1.54, 1.807) is 0 Å². The summed E-state index contributed by atoms with van der Waals surface area (Å²) < 4.78 is 68.9. The molecule has 3 aliphatic heterocycles. The Bertz CT molecular complexity index is 2480. The molecular weight excluding hydrogens is 1490 g/mol. The number of unbranched alkanes of at least 4 members (excludes halogenated alkanes) is 7. The Hall–Kier alpha value is -4.69. The largest absolute Gasteiger partial charge is 0.394 e. The van der Waals surface area contributed by atoms with Gasteiger partial charge in [0.25, 0.3) is 0 Å². The van der Waals surface area contributed by atoms with E-state index in [9.17, 15) is 104 Å². The maximum Gasteiger partial charge on any atom is 0.222 e. The second kappa shape index (κ2) is 56.6. The molecule has 0 saturated carbocycles. The zero-order valence-corrected chi connectivity index (χ0v) is 65.7. The van der Waals surface area contributed by atoms with Crippen molar-refractivity contribution in [1.29, 1.82) is 0 Å². The van der Waals surface area contributed by atoms with Crippen molar-refractivity contribution in [3.05, 3.63) is 6.66 Å². The maximum atomic E-state index is 13.9. The average molecular weight is 1620 g/mol. The van der Waals surface area contributed by atoms with Gasteiger partial charge in [0.1, 0.15) is 84.6 Å². The molecule has 16 atom stereocenters. The molecule has 3 aliphatic rings. The van der Waals surface area contributed by atoms with Crippen molar-refractivity contribution < 1.29 is 151 Å². The van der Waals surface area contributed by atoms with Gasteiger partial charge in [-0.15, -0.1) is 0 Å². The third-order valence-electron chi connectivity index (χ3n) is 18.5. The molecule has 7 amide bonds. The Morgan fingerprint density at radius 2 is 0.631 bits per heavy atom. The lowest BCUT2D eigenvalue weighted by atomic mass is 9.99. The maximum absolute atomic E-state index is 13.9. The van der Waals surface area contributed by atoms with Gasteiger partial charge in [-0.05, 0) is 83.5 Å². The van der Waals surface area contributed by atoms with Crippen molar-refractivity contribution in [2.45, 2.75) is 278 Å². The first kappa shape index (κ1) is 101. The van der Waals surface area contributed by atoms with E-state index in [1.807, 2.05) is 20.8 Å². The predicted molar refractivity (Wildman–Crippen MR) is 395 cm³/mol. The molecule has 0 spiro atoms. The van der Waals surface area contributed by atoms with Crippen molar-refractivity contribution in [3.63, 3.8) is 0 Å². The van der Waals surface area contributed by atoms with E-state index in [-0.39, 0.29) is 186 Å².